The quantitative estimate of drug-likeness (QED) is 0.515. The van der Waals surface area contributed by atoms with Crippen LogP contribution in [0.1, 0.15) is 32.4 Å². The Morgan fingerprint density at radius 1 is 0.963 bits per heavy atom. The molecule has 0 radical (unpaired) electrons. The van der Waals surface area contributed by atoms with Gasteiger partial charge in [0.1, 0.15) is 6.61 Å². The van der Waals surface area contributed by atoms with Crippen LogP contribution in [0.15, 0.2) is 30.3 Å². The molecule has 0 saturated carbocycles. The maximum absolute atomic E-state index is 11.8. The van der Waals surface area contributed by atoms with Crippen molar-refractivity contribution in [1.82, 2.24) is 0 Å². The molecule has 0 N–H and O–H groups in total. The third-order valence-corrected chi connectivity index (χ3v) is 3.64. The Kier molecular flexibility index (Phi) is 6.75. The van der Waals surface area contributed by atoms with Crippen LogP contribution in [0.5, 0.6) is 0 Å². The lowest BCUT2D eigenvalue weighted by atomic mass is 9.97. The Labute approximate surface area is 155 Å². The molecule has 9 heteroatoms. The highest BCUT2D eigenvalue weighted by atomic mass is 16.8. The maximum Gasteiger partial charge on any atom is 0.509 e. The van der Waals surface area contributed by atoms with Gasteiger partial charge in [0.15, 0.2) is 24.4 Å². The topological polar surface area (TPSA) is 114 Å². The summed E-state index contributed by atoms with van der Waals surface area (Å²) in [5.41, 5.74) is 0.597. The third-order valence-electron chi connectivity index (χ3n) is 3.64. The number of hydrogen-bond acceptors (Lipinski definition) is 9. The van der Waals surface area contributed by atoms with E-state index in [1.807, 2.05) is 0 Å². The van der Waals surface area contributed by atoms with Crippen LogP contribution in [-0.4, -0.2) is 49.0 Å². The van der Waals surface area contributed by atoms with E-state index >= 15 is 0 Å². The van der Waals surface area contributed by atoms with Gasteiger partial charge in [0.25, 0.3) is 0 Å². The third kappa shape index (κ3) is 5.70. The van der Waals surface area contributed by atoms with Crippen molar-refractivity contribution in [2.75, 3.05) is 6.61 Å². The molecule has 4 atom stereocenters. The fourth-order valence-electron chi connectivity index (χ4n) is 2.67. The first-order valence-electron chi connectivity index (χ1n) is 8.18. The number of benzene rings is 1. The van der Waals surface area contributed by atoms with Gasteiger partial charge < -0.3 is 23.7 Å². The van der Waals surface area contributed by atoms with Crippen molar-refractivity contribution >= 4 is 24.1 Å². The monoisotopic (exact) mass is 380 g/mol. The maximum atomic E-state index is 11.8. The van der Waals surface area contributed by atoms with Crippen LogP contribution in [0.25, 0.3) is 0 Å². The lowest BCUT2D eigenvalue weighted by Crippen LogP contribution is -2.47. The summed E-state index contributed by atoms with van der Waals surface area (Å²) in [5.74, 6) is -2.01. The van der Waals surface area contributed by atoms with Crippen molar-refractivity contribution in [2.24, 2.45) is 0 Å². The average molecular weight is 380 g/mol. The highest BCUT2D eigenvalue weighted by Crippen LogP contribution is 2.34. The van der Waals surface area contributed by atoms with Crippen LogP contribution < -0.4 is 0 Å². The van der Waals surface area contributed by atoms with Gasteiger partial charge in [-0.15, -0.1) is 0 Å². The van der Waals surface area contributed by atoms with Crippen LogP contribution in [0, 0.1) is 0 Å². The van der Waals surface area contributed by atoms with E-state index in [0.717, 1.165) is 13.8 Å². The largest absolute Gasteiger partial charge is 0.509 e. The molecule has 27 heavy (non-hydrogen) atoms. The zero-order chi connectivity index (χ0) is 20.0. The van der Waals surface area contributed by atoms with Crippen molar-refractivity contribution < 1.29 is 42.9 Å². The van der Waals surface area contributed by atoms with Crippen molar-refractivity contribution in [2.45, 2.75) is 45.2 Å². The zero-order valence-corrected chi connectivity index (χ0v) is 15.1. The van der Waals surface area contributed by atoms with Crippen LogP contribution in [-0.2, 0) is 38.1 Å². The zero-order valence-electron chi connectivity index (χ0n) is 15.1. The Morgan fingerprint density at radius 3 is 2.15 bits per heavy atom. The predicted octanol–water partition coefficient (Wildman–Crippen LogP) is 1.69. The van der Waals surface area contributed by atoms with E-state index in [4.69, 9.17) is 23.7 Å². The fourth-order valence-corrected chi connectivity index (χ4v) is 2.67. The lowest BCUT2D eigenvalue weighted by Gasteiger charge is -2.30. The summed E-state index contributed by atoms with van der Waals surface area (Å²) in [6.45, 7) is 3.09. The molecule has 1 fully saturated rings. The van der Waals surface area contributed by atoms with Crippen molar-refractivity contribution in [3.05, 3.63) is 35.9 Å². The number of ether oxygens (including phenoxy) is 5. The number of hydrogen-bond donors (Lipinski definition) is 0. The van der Waals surface area contributed by atoms with Gasteiger partial charge in [-0.3, -0.25) is 14.4 Å². The molecule has 9 nitrogen and oxygen atoms in total. The summed E-state index contributed by atoms with van der Waals surface area (Å²) in [5, 5.41) is 0. The predicted molar refractivity (Wildman–Crippen MR) is 88.3 cm³/mol. The Morgan fingerprint density at radius 2 is 1.59 bits per heavy atom. The Balaban J connectivity index is 2.35. The number of esters is 3. The van der Waals surface area contributed by atoms with Crippen molar-refractivity contribution in [3.63, 3.8) is 0 Å². The molecule has 1 aliphatic rings. The van der Waals surface area contributed by atoms with Gasteiger partial charge in [-0.2, -0.15) is 0 Å². The molecule has 1 aromatic carbocycles. The Hall–Kier alpha value is -3.10. The van der Waals surface area contributed by atoms with Crippen molar-refractivity contribution in [3.8, 4) is 0 Å². The summed E-state index contributed by atoms with van der Waals surface area (Å²) in [6.07, 6.45) is -5.41. The van der Waals surface area contributed by atoms with Gasteiger partial charge in [0.05, 0.1) is 0 Å². The molecule has 0 bridgehead atoms. The molecule has 0 aliphatic carbocycles. The molecule has 146 valence electrons. The summed E-state index contributed by atoms with van der Waals surface area (Å²) in [7, 11) is 0. The van der Waals surface area contributed by atoms with Crippen LogP contribution >= 0.6 is 0 Å². The summed E-state index contributed by atoms with van der Waals surface area (Å²) < 4.78 is 25.7. The highest BCUT2D eigenvalue weighted by Gasteiger charge is 2.49. The van der Waals surface area contributed by atoms with Gasteiger partial charge >= 0.3 is 24.1 Å². The van der Waals surface area contributed by atoms with E-state index in [1.165, 1.54) is 6.92 Å². The minimum atomic E-state index is -1.25. The summed E-state index contributed by atoms with van der Waals surface area (Å²) in [4.78, 5) is 46.0. The summed E-state index contributed by atoms with van der Waals surface area (Å²) in [6, 6.07) is 8.67. The number of cyclic esters (lactones) is 2. The number of carbonyl (C=O) groups is 4. The highest BCUT2D eigenvalue weighted by molar-refractivity contribution is 5.68. The minimum Gasteiger partial charge on any atom is -0.462 e. The smallest absolute Gasteiger partial charge is 0.462 e. The van der Waals surface area contributed by atoms with Gasteiger partial charge in [-0.25, -0.2) is 4.79 Å². The second-order valence-electron chi connectivity index (χ2n) is 5.81. The first-order chi connectivity index (χ1) is 12.8. The van der Waals surface area contributed by atoms with E-state index in [1.54, 1.807) is 30.3 Å². The molecule has 1 heterocycles. The first kappa shape index (κ1) is 20.2. The fraction of sp³-hybridized carbons (Fsp3) is 0.444. The van der Waals surface area contributed by atoms with Gasteiger partial charge in [0.2, 0.25) is 0 Å². The van der Waals surface area contributed by atoms with Crippen LogP contribution in [0.2, 0.25) is 0 Å². The molecular formula is C18H20O9. The molecular weight excluding hydrogens is 360 g/mol. The number of rotatable bonds is 7. The van der Waals surface area contributed by atoms with E-state index in [-0.39, 0.29) is 6.61 Å². The molecule has 0 spiro atoms. The molecule has 0 amide bonds. The average Bonchev–Trinajstić information content (AvgIpc) is 2.98. The number of carbonyl (C=O) groups excluding carboxylic acids is 4. The second kappa shape index (κ2) is 9.02. The molecule has 0 aromatic heterocycles. The molecule has 1 aromatic rings. The Bertz CT molecular complexity index is 700. The normalized spacial score (nSPS) is 20.6. The standard InChI is InChI=1S/C18H20O9/c1-10(19)23-9-14(24-11(2)20)16(25-12(3)21)17-15(26-18(22)27-17)13-7-5-4-6-8-13/h4-8,14-17H,9H2,1-3H3/t14-,15+,16+,17-/m1/s1. The summed E-state index contributed by atoms with van der Waals surface area (Å²) >= 11 is 0. The van der Waals surface area contributed by atoms with Gasteiger partial charge in [0, 0.05) is 20.8 Å². The van der Waals surface area contributed by atoms with Crippen molar-refractivity contribution in [1.29, 1.82) is 0 Å². The molecule has 2 rings (SSSR count). The SMILES string of the molecule is CC(=O)OC[C@@H](OC(C)=O)[C@H](OC(C)=O)[C@@H]1OC(=O)O[C@H]1c1ccccc1. The van der Waals surface area contributed by atoms with E-state index in [2.05, 4.69) is 0 Å². The first-order valence-corrected chi connectivity index (χ1v) is 8.18. The van der Waals surface area contributed by atoms with E-state index in [9.17, 15) is 19.2 Å². The minimum absolute atomic E-state index is 0.386. The molecule has 1 saturated heterocycles. The van der Waals surface area contributed by atoms with E-state index < -0.39 is 48.5 Å². The molecule has 1 aliphatic heterocycles. The van der Waals surface area contributed by atoms with Gasteiger partial charge in [-0.1, -0.05) is 30.3 Å². The molecule has 0 unspecified atom stereocenters. The van der Waals surface area contributed by atoms with E-state index in [0.29, 0.717) is 5.56 Å². The van der Waals surface area contributed by atoms with Crippen LogP contribution in [0.4, 0.5) is 4.79 Å². The van der Waals surface area contributed by atoms with Crippen LogP contribution in [0.3, 0.4) is 0 Å². The lowest BCUT2D eigenvalue weighted by molar-refractivity contribution is -0.182. The van der Waals surface area contributed by atoms with Gasteiger partial charge in [-0.05, 0) is 5.56 Å². The second-order valence-corrected chi connectivity index (χ2v) is 5.81.